The van der Waals surface area contributed by atoms with E-state index in [9.17, 15) is 4.79 Å². The molecule has 1 amide bonds. The Morgan fingerprint density at radius 1 is 1.13 bits per heavy atom. The topological polar surface area (TPSA) is 76.8 Å². The van der Waals surface area contributed by atoms with Crippen LogP contribution >= 0.6 is 22.9 Å². The fourth-order valence-electron chi connectivity index (χ4n) is 3.77. The molecule has 0 fully saturated rings. The molecular formula is C22H22N6OS2. The fourth-order valence-corrected chi connectivity index (χ4v) is 5.30. The molecule has 1 aromatic carbocycles. The fraction of sp³-hybridized carbons (Fsp3) is 0.318. The van der Waals surface area contributed by atoms with Gasteiger partial charge < -0.3 is 9.47 Å². The molecule has 0 radical (unpaired) electrons. The zero-order valence-electron chi connectivity index (χ0n) is 17.5. The average Bonchev–Trinajstić information content (AvgIpc) is 3.54. The van der Waals surface area contributed by atoms with Crippen molar-refractivity contribution in [3.05, 3.63) is 59.0 Å². The van der Waals surface area contributed by atoms with Crippen molar-refractivity contribution in [2.45, 2.75) is 39.3 Å². The van der Waals surface area contributed by atoms with Crippen molar-refractivity contribution in [2.24, 2.45) is 0 Å². The molecule has 0 N–H and O–H groups in total. The smallest absolute Gasteiger partial charge is 0.254 e. The molecule has 0 bridgehead atoms. The Kier molecular flexibility index (Phi) is 5.15. The van der Waals surface area contributed by atoms with E-state index in [1.807, 2.05) is 42.2 Å². The first-order valence-electron chi connectivity index (χ1n) is 10.2. The summed E-state index contributed by atoms with van der Waals surface area (Å²) in [5.41, 5.74) is 1.81. The van der Waals surface area contributed by atoms with Gasteiger partial charge in [0.1, 0.15) is 5.82 Å². The summed E-state index contributed by atoms with van der Waals surface area (Å²) >= 11 is 3.04. The number of hydrogen-bond acceptors (Lipinski definition) is 7. The Morgan fingerprint density at radius 2 is 1.94 bits per heavy atom. The predicted octanol–water partition coefficient (Wildman–Crippen LogP) is 4.87. The summed E-state index contributed by atoms with van der Waals surface area (Å²) in [4.78, 5) is 20.9. The van der Waals surface area contributed by atoms with E-state index in [1.54, 1.807) is 11.3 Å². The molecule has 0 unspecified atom stereocenters. The summed E-state index contributed by atoms with van der Waals surface area (Å²) in [6.07, 6.45) is 0. The van der Waals surface area contributed by atoms with E-state index in [-0.39, 0.29) is 17.9 Å². The molecule has 31 heavy (non-hydrogen) atoms. The number of fused-ring (bicyclic) bond motifs is 1. The molecule has 5 rings (SSSR count). The quantitative estimate of drug-likeness (QED) is 0.443. The number of benzene rings is 1. The van der Waals surface area contributed by atoms with E-state index in [4.69, 9.17) is 0 Å². The molecule has 0 aliphatic carbocycles. The molecule has 0 saturated heterocycles. The highest BCUT2D eigenvalue weighted by Gasteiger charge is 2.32. The number of rotatable bonds is 4. The van der Waals surface area contributed by atoms with Crippen molar-refractivity contribution in [3.63, 3.8) is 0 Å². The molecule has 158 valence electrons. The molecule has 0 spiro atoms. The monoisotopic (exact) mass is 450 g/mol. The molecule has 3 aromatic heterocycles. The summed E-state index contributed by atoms with van der Waals surface area (Å²) in [6.45, 7) is 7.38. The minimum Gasteiger partial charge on any atom is -0.327 e. The normalized spacial score (nSPS) is 16.0. The van der Waals surface area contributed by atoms with Crippen molar-refractivity contribution in [1.82, 2.24) is 29.0 Å². The van der Waals surface area contributed by atoms with Gasteiger partial charge in [-0.2, -0.15) is 4.37 Å². The van der Waals surface area contributed by atoms with Gasteiger partial charge >= 0.3 is 0 Å². The maximum absolute atomic E-state index is 13.2. The summed E-state index contributed by atoms with van der Waals surface area (Å²) in [6, 6.07) is 11.8. The Bertz CT molecular complexity index is 1210. The maximum atomic E-state index is 13.2. The minimum atomic E-state index is -0.169. The highest BCUT2D eigenvalue weighted by molar-refractivity contribution is 7.13. The standard InChI is InChI=1S/C22H22N6OS2/c1-13(2)18-23-21(31-26-18)20-25-24-19-14(3)27(10-11-28(19)20)22(29)16-8-6-15(7-9-16)17-5-4-12-30-17/h4-9,12-14H,10-11H2,1-3H3/t14-/m1/s1. The second kappa shape index (κ2) is 7.97. The third-order valence-corrected chi connectivity index (χ3v) is 7.18. The van der Waals surface area contributed by atoms with Gasteiger partial charge in [-0.15, -0.1) is 21.5 Å². The number of nitrogens with zero attached hydrogens (tertiary/aromatic N) is 6. The van der Waals surface area contributed by atoms with Crippen LogP contribution in [0.4, 0.5) is 0 Å². The Balaban J connectivity index is 1.38. The van der Waals surface area contributed by atoms with E-state index in [0.29, 0.717) is 18.7 Å². The lowest BCUT2D eigenvalue weighted by Crippen LogP contribution is -2.41. The highest BCUT2D eigenvalue weighted by Crippen LogP contribution is 2.31. The van der Waals surface area contributed by atoms with Gasteiger partial charge in [-0.3, -0.25) is 4.79 Å². The first kappa shape index (κ1) is 20.0. The zero-order valence-corrected chi connectivity index (χ0v) is 19.2. The second-order valence-electron chi connectivity index (χ2n) is 7.88. The average molecular weight is 451 g/mol. The lowest BCUT2D eigenvalue weighted by Gasteiger charge is -2.33. The number of carbonyl (C=O) groups is 1. The predicted molar refractivity (Wildman–Crippen MR) is 122 cm³/mol. The number of amides is 1. The summed E-state index contributed by atoms with van der Waals surface area (Å²) in [5, 5.41) is 11.6. The maximum Gasteiger partial charge on any atom is 0.254 e. The lowest BCUT2D eigenvalue weighted by molar-refractivity contribution is 0.0638. The zero-order chi connectivity index (χ0) is 21.5. The largest absolute Gasteiger partial charge is 0.327 e. The number of hydrogen-bond donors (Lipinski definition) is 0. The van der Waals surface area contributed by atoms with E-state index in [0.717, 1.165) is 28.0 Å². The molecule has 1 aliphatic heterocycles. The number of thiophene rings is 1. The molecule has 1 aliphatic rings. The number of aromatic nitrogens is 5. The van der Waals surface area contributed by atoms with Gasteiger partial charge in [-0.25, -0.2) is 4.98 Å². The SMILES string of the molecule is CC(C)c1nsc(-c2nnc3n2CCN(C(=O)c2ccc(-c4cccs4)cc2)[C@@H]3C)n1. The van der Waals surface area contributed by atoms with Crippen LogP contribution in [-0.2, 0) is 6.54 Å². The van der Waals surface area contributed by atoms with Crippen LogP contribution in [0.15, 0.2) is 41.8 Å². The van der Waals surface area contributed by atoms with Gasteiger partial charge in [-0.05, 0) is 47.6 Å². The van der Waals surface area contributed by atoms with E-state index < -0.39 is 0 Å². The van der Waals surface area contributed by atoms with Crippen molar-refractivity contribution >= 4 is 28.8 Å². The van der Waals surface area contributed by atoms with Crippen molar-refractivity contribution in [1.29, 1.82) is 0 Å². The van der Waals surface area contributed by atoms with Crippen LogP contribution < -0.4 is 0 Å². The molecule has 4 heterocycles. The Morgan fingerprint density at radius 3 is 2.61 bits per heavy atom. The van der Waals surface area contributed by atoms with Gasteiger partial charge in [0.05, 0.1) is 6.04 Å². The van der Waals surface area contributed by atoms with Crippen molar-refractivity contribution in [3.8, 4) is 21.3 Å². The van der Waals surface area contributed by atoms with Crippen LogP contribution in [0.1, 0.15) is 54.7 Å². The van der Waals surface area contributed by atoms with Crippen LogP contribution in [0.2, 0.25) is 0 Å². The lowest BCUT2D eigenvalue weighted by atomic mass is 10.1. The summed E-state index contributed by atoms with van der Waals surface area (Å²) in [7, 11) is 0. The molecule has 1 atom stereocenters. The van der Waals surface area contributed by atoms with Crippen LogP contribution in [-0.4, -0.2) is 41.5 Å². The first-order valence-corrected chi connectivity index (χ1v) is 11.9. The van der Waals surface area contributed by atoms with E-state index in [2.05, 4.69) is 49.4 Å². The van der Waals surface area contributed by atoms with E-state index >= 15 is 0 Å². The second-order valence-corrected chi connectivity index (χ2v) is 9.57. The highest BCUT2D eigenvalue weighted by atomic mass is 32.1. The molecular weight excluding hydrogens is 428 g/mol. The van der Waals surface area contributed by atoms with Gasteiger partial charge in [0.15, 0.2) is 16.7 Å². The Labute approximate surface area is 188 Å². The van der Waals surface area contributed by atoms with E-state index in [1.165, 1.54) is 16.4 Å². The van der Waals surface area contributed by atoms with Crippen LogP contribution in [0.5, 0.6) is 0 Å². The van der Waals surface area contributed by atoms with Gasteiger partial charge in [0.25, 0.3) is 5.91 Å². The van der Waals surface area contributed by atoms with Crippen molar-refractivity contribution < 1.29 is 4.79 Å². The van der Waals surface area contributed by atoms with Crippen LogP contribution in [0.25, 0.3) is 21.3 Å². The minimum absolute atomic E-state index is 0.0130. The number of carbonyl (C=O) groups excluding carboxylic acids is 1. The molecule has 9 heteroatoms. The summed E-state index contributed by atoms with van der Waals surface area (Å²) < 4.78 is 6.50. The molecule has 4 aromatic rings. The third kappa shape index (κ3) is 3.57. The van der Waals surface area contributed by atoms with Gasteiger partial charge in [-0.1, -0.05) is 32.0 Å². The molecule has 7 nitrogen and oxygen atoms in total. The van der Waals surface area contributed by atoms with Crippen LogP contribution in [0.3, 0.4) is 0 Å². The first-order chi connectivity index (χ1) is 15.0. The Hall–Kier alpha value is -2.91. The molecule has 0 saturated carbocycles. The van der Waals surface area contributed by atoms with Crippen LogP contribution in [0, 0.1) is 0 Å². The third-order valence-electron chi connectivity index (χ3n) is 5.53. The van der Waals surface area contributed by atoms with Crippen molar-refractivity contribution in [2.75, 3.05) is 6.54 Å². The summed E-state index contributed by atoms with van der Waals surface area (Å²) in [5.74, 6) is 2.62. The van der Waals surface area contributed by atoms with Gasteiger partial charge in [0.2, 0.25) is 0 Å². The van der Waals surface area contributed by atoms with Gasteiger partial charge in [0, 0.05) is 29.4 Å².